The molecule has 104 valence electrons. The van der Waals surface area contributed by atoms with E-state index in [-0.39, 0.29) is 5.56 Å². The quantitative estimate of drug-likeness (QED) is 0.837. The van der Waals surface area contributed by atoms with Crippen LogP contribution in [0.4, 0.5) is 0 Å². The fourth-order valence-electron chi connectivity index (χ4n) is 1.69. The number of halogens is 1. The second-order valence-electron chi connectivity index (χ2n) is 4.53. The highest BCUT2D eigenvalue weighted by Crippen LogP contribution is 2.39. The molecule has 5 nitrogen and oxygen atoms in total. The molecule has 0 heterocycles. The van der Waals surface area contributed by atoms with E-state index in [1.54, 1.807) is 0 Å². The maximum atomic E-state index is 10.8. The van der Waals surface area contributed by atoms with Crippen LogP contribution in [0, 0.1) is 5.92 Å². The Kier molecular flexibility index (Phi) is 4.31. The van der Waals surface area contributed by atoms with E-state index in [4.69, 9.17) is 14.6 Å². The van der Waals surface area contributed by atoms with E-state index in [1.807, 2.05) is 0 Å². The molecule has 1 saturated carbocycles. The third-order valence-electron chi connectivity index (χ3n) is 2.96. The Bertz CT molecular complexity index is 484. The van der Waals surface area contributed by atoms with Gasteiger partial charge >= 0.3 is 5.97 Å². The Labute approximate surface area is 119 Å². The summed E-state index contributed by atoms with van der Waals surface area (Å²) >= 11 is 3.29. The van der Waals surface area contributed by atoms with Crippen LogP contribution in [0.2, 0.25) is 0 Å². The zero-order valence-electron chi connectivity index (χ0n) is 10.4. The molecule has 0 radical (unpaired) electrons. The fraction of sp³-hybridized carbons (Fsp3) is 0.462. The lowest BCUT2D eigenvalue weighted by molar-refractivity contribution is -0.146. The van der Waals surface area contributed by atoms with Gasteiger partial charge in [-0.3, -0.25) is 0 Å². The molecule has 0 saturated heterocycles. The van der Waals surface area contributed by atoms with Crippen molar-refractivity contribution in [3.8, 4) is 11.5 Å². The Morgan fingerprint density at radius 3 is 2.74 bits per heavy atom. The minimum atomic E-state index is -1.58. The van der Waals surface area contributed by atoms with Gasteiger partial charge in [-0.2, -0.15) is 0 Å². The molecule has 19 heavy (non-hydrogen) atoms. The average Bonchev–Trinajstić information content (AvgIpc) is 3.18. The van der Waals surface area contributed by atoms with E-state index in [0.717, 1.165) is 12.8 Å². The van der Waals surface area contributed by atoms with Gasteiger partial charge in [0.15, 0.2) is 17.6 Å². The van der Waals surface area contributed by atoms with Gasteiger partial charge in [0.1, 0.15) is 0 Å². The normalized spacial score (nSPS) is 15.9. The van der Waals surface area contributed by atoms with Crippen LogP contribution in [0.3, 0.4) is 0 Å². The van der Waals surface area contributed by atoms with Crippen LogP contribution in [0.25, 0.3) is 0 Å². The summed E-state index contributed by atoms with van der Waals surface area (Å²) in [6, 6.07) is 3.02. The highest BCUT2D eigenvalue weighted by Gasteiger charge is 2.24. The molecule has 1 aliphatic rings. The van der Waals surface area contributed by atoms with Crippen LogP contribution in [-0.4, -0.2) is 29.9 Å². The van der Waals surface area contributed by atoms with Crippen molar-refractivity contribution in [3.63, 3.8) is 0 Å². The number of aliphatic hydroxyl groups is 1. The second kappa shape index (κ2) is 5.79. The third kappa shape index (κ3) is 3.39. The highest BCUT2D eigenvalue weighted by atomic mass is 79.9. The summed E-state index contributed by atoms with van der Waals surface area (Å²) in [4.78, 5) is 10.8. The lowest BCUT2D eigenvalue weighted by Gasteiger charge is -2.15. The van der Waals surface area contributed by atoms with Crippen molar-refractivity contribution < 1.29 is 24.5 Å². The van der Waals surface area contributed by atoms with Crippen LogP contribution in [-0.2, 0) is 4.79 Å². The van der Waals surface area contributed by atoms with Crippen molar-refractivity contribution in [2.75, 3.05) is 13.7 Å². The van der Waals surface area contributed by atoms with E-state index in [9.17, 15) is 9.90 Å². The van der Waals surface area contributed by atoms with E-state index < -0.39 is 12.1 Å². The molecular formula is C13H15BrO5. The Morgan fingerprint density at radius 2 is 2.21 bits per heavy atom. The van der Waals surface area contributed by atoms with Crippen molar-refractivity contribution in [1.29, 1.82) is 0 Å². The van der Waals surface area contributed by atoms with Crippen molar-refractivity contribution in [1.82, 2.24) is 0 Å². The van der Waals surface area contributed by atoms with Gasteiger partial charge in [-0.15, -0.1) is 0 Å². The SMILES string of the molecule is COc1c(Br)cc(C(O)C(=O)O)cc1OCC1CC1. The van der Waals surface area contributed by atoms with Crippen LogP contribution < -0.4 is 9.47 Å². The first-order valence-electron chi connectivity index (χ1n) is 5.94. The molecule has 0 amide bonds. The molecule has 0 aromatic heterocycles. The molecule has 1 aromatic carbocycles. The molecule has 1 aromatic rings. The highest BCUT2D eigenvalue weighted by molar-refractivity contribution is 9.10. The Balaban J connectivity index is 2.28. The number of benzene rings is 1. The smallest absolute Gasteiger partial charge is 0.337 e. The van der Waals surface area contributed by atoms with E-state index in [0.29, 0.717) is 28.5 Å². The lowest BCUT2D eigenvalue weighted by Crippen LogP contribution is -2.11. The topological polar surface area (TPSA) is 76.0 Å². The number of aliphatic carboxylic acids is 1. The number of hydrogen-bond donors (Lipinski definition) is 2. The standard InChI is InChI=1S/C13H15BrO5/c1-18-12-9(14)4-8(11(15)13(16)17)5-10(12)19-6-7-2-3-7/h4-5,7,11,15H,2-3,6H2,1H3,(H,16,17). The van der Waals surface area contributed by atoms with Crippen molar-refractivity contribution >= 4 is 21.9 Å². The van der Waals surface area contributed by atoms with Crippen molar-refractivity contribution in [2.24, 2.45) is 5.92 Å². The van der Waals surface area contributed by atoms with E-state index in [1.165, 1.54) is 19.2 Å². The molecule has 0 bridgehead atoms. The summed E-state index contributed by atoms with van der Waals surface area (Å²) in [5, 5.41) is 18.4. The number of aliphatic hydroxyl groups excluding tert-OH is 1. The maximum absolute atomic E-state index is 10.8. The summed E-state index contributed by atoms with van der Waals surface area (Å²) < 4.78 is 11.4. The predicted octanol–water partition coefficient (Wildman–Crippen LogP) is 2.36. The molecule has 1 atom stereocenters. The summed E-state index contributed by atoms with van der Waals surface area (Å²) in [5.74, 6) is 0.211. The Hall–Kier alpha value is -1.27. The fourth-order valence-corrected chi connectivity index (χ4v) is 2.31. The molecule has 2 rings (SSSR count). The molecule has 0 spiro atoms. The predicted molar refractivity (Wildman–Crippen MR) is 71.5 cm³/mol. The number of methoxy groups -OCH3 is 1. The number of hydrogen-bond acceptors (Lipinski definition) is 4. The van der Waals surface area contributed by atoms with Gasteiger partial charge in [-0.25, -0.2) is 4.79 Å². The minimum Gasteiger partial charge on any atom is -0.492 e. The van der Waals surface area contributed by atoms with Crippen LogP contribution in [0.15, 0.2) is 16.6 Å². The Morgan fingerprint density at radius 1 is 1.53 bits per heavy atom. The number of rotatable bonds is 6. The molecule has 0 aliphatic heterocycles. The summed E-state index contributed by atoms with van der Waals surface area (Å²) in [5.41, 5.74) is 0.256. The van der Waals surface area contributed by atoms with Gasteiger partial charge in [0.2, 0.25) is 0 Å². The van der Waals surface area contributed by atoms with Gasteiger partial charge < -0.3 is 19.7 Å². The zero-order chi connectivity index (χ0) is 14.0. The minimum absolute atomic E-state index is 0.256. The monoisotopic (exact) mass is 330 g/mol. The largest absolute Gasteiger partial charge is 0.492 e. The summed E-state index contributed by atoms with van der Waals surface area (Å²) in [7, 11) is 1.51. The molecule has 2 N–H and O–H groups in total. The van der Waals surface area contributed by atoms with E-state index in [2.05, 4.69) is 15.9 Å². The van der Waals surface area contributed by atoms with Gasteiger partial charge in [0.05, 0.1) is 18.2 Å². The lowest BCUT2D eigenvalue weighted by atomic mass is 10.1. The molecular weight excluding hydrogens is 316 g/mol. The van der Waals surface area contributed by atoms with Crippen molar-refractivity contribution in [3.05, 3.63) is 22.2 Å². The average molecular weight is 331 g/mol. The summed E-state index contributed by atoms with van der Waals surface area (Å²) in [6.45, 7) is 0.579. The number of carbonyl (C=O) groups is 1. The number of carboxylic acid groups (broad SMARTS) is 1. The van der Waals surface area contributed by atoms with Gasteiger partial charge in [-0.05, 0) is 52.4 Å². The van der Waals surface area contributed by atoms with E-state index >= 15 is 0 Å². The summed E-state index contributed by atoms with van der Waals surface area (Å²) in [6.07, 6.45) is 0.729. The van der Waals surface area contributed by atoms with Crippen LogP contribution in [0.5, 0.6) is 11.5 Å². The second-order valence-corrected chi connectivity index (χ2v) is 5.38. The first kappa shape index (κ1) is 14.1. The van der Waals surface area contributed by atoms with Crippen LogP contribution >= 0.6 is 15.9 Å². The molecule has 1 aliphatic carbocycles. The maximum Gasteiger partial charge on any atom is 0.337 e. The number of carboxylic acids is 1. The number of ether oxygens (including phenoxy) is 2. The van der Waals surface area contributed by atoms with Gasteiger partial charge in [0.25, 0.3) is 0 Å². The first-order chi connectivity index (χ1) is 9.02. The third-order valence-corrected chi connectivity index (χ3v) is 3.55. The van der Waals surface area contributed by atoms with Gasteiger partial charge in [-0.1, -0.05) is 0 Å². The first-order valence-corrected chi connectivity index (χ1v) is 6.73. The molecule has 1 unspecified atom stereocenters. The van der Waals surface area contributed by atoms with Crippen LogP contribution in [0.1, 0.15) is 24.5 Å². The van der Waals surface area contributed by atoms with Gasteiger partial charge in [0, 0.05) is 0 Å². The molecule has 1 fully saturated rings. The zero-order valence-corrected chi connectivity index (χ0v) is 12.0. The van der Waals surface area contributed by atoms with Crippen molar-refractivity contribution in [2.45, 2.75) is 18.9 Å². The molecule has 6 heteroatoms.